The molecule has 1 amide bonds. The zero-order chi connectivity index (χ0) is 18.7. The van der Waals surface area contributed by atoms with Crippen LogP contribution in [0.1, 0.15) is 28.8 Å². The van der Waals surface area contributed by atoms with E-state index in [4.69, 9.17) is 27.9 Å². The topological polar surface area (TPSA) is 32.8 Å². The molecule has 0 spiro atoms. The van der Waals surface area contributed by atoms with Crippen LogP contribution in [-0.2, 0) is 6.54 Å². The SMILES string of the molecule is COc1c(Cl)cc(C(=O)N(C)Cc2ccccc2N2CCCC2)cc1Cl. The number of amides is 1. The molecule has 0 unspecified atom stereocenters. The molecule has 0 aromatic heterocycles. The summed E-state index contributed by atoms with van der Waals surface area (Å²) in [6.07, 6.45) is 2.43. The Morgan fingerprint density at radius 1 is 1.15 bits per heavy atom. The number of halogens is 2. The molecular weight excluding hydrogens is 371 g/mol. The number of carbonyl (C=O) groups excluding carboxylic acids is 1. The molecule has 0 N–H and O–H groups in total. The third kappa shape index (κ3) is 3.92. The maximum Gasteiger partial charge on any atom is 0.254 e. The molecular formula is C20H22Cl2N2O2. The molecule has 0 radical (unpaired) electrons. The molecule has 1 fully saturated rings. The van der Waals surface area contributed by atoms with Crippen LogP contribution in [0, 0.1) is 0 Å². The van der Waals surface area contributed by atoms with Crippen LogP contribution < -0.4 is 9.64 Å². The van der Waals surface area contributed by atoms with Crippen LogP contribution >= 0.6 is 23.2 Å². The van der Waals surface area contributed by atoms with E-state index in [-0.39, 0.29) is 5.91 Å². The molecule has 4 nitrogen and oxygen atoms in total. The summed E-state index contributed by atoms with van der Waals surface area (Å²) in [5.74, 6) is 0.250. The van der Waals surface area contributed by atoms with Crippen molar-refractivity contribution in [2.24, 2.45) is 0 Å². The number of benzene rings is 2. The molecule has 1 aliphatic heterocycles. The van der Waals surface area contributed by atoms with E-state index >= 15 is 0 Å². The maximum atomic E-state index is 12.8. The quantitative estimate of drug-likeness (QED) is 0.726. The van der Waals surface area contributed by atoms with Crippen LogP contribution in [0.2, 0.25) is 10.0 Å². The van der Waals surface area contributed by atoms with Gasteiger partial charge in [0.2, 0.25) is 0 Å². The van der Waals surface area contributed by atoms with E-state index in [0.717, 1.165) is 18.7 Å². The third-order valence-corrected chi connectivity index (χ3v) is 5.20. The molecule has 2 aromatic carbocycles. The second-order valence-electron chi connectivity index (χ2n) is 6.46. The number of anilines is 1. The standard InChI is InChI=1S/C20H22Cl2N2O2/c1-23(20(25)15-11-16(21)19(26-2)17(22)12-15)13-14-7-3-4-8-18(14)24-9-5-6-10-24/h3-4,7-8,11-12H,5-6,9-10,13H2,1-2H3. The van der Waals surface area contributed by atoms with E-state index in [2.05, 4.69) is 17.0 Å². The van der Waals surface area contributed by atoms with Gasteiger partial charge in [-0.2, -0.15) is 0 Å². The Morgan fingerprint density at radius 2 is 1.77 bits per heavy atom. The molecule has 0 saturated carbocycles. The van der Waals surface area contributed by atoms with Crippen molar-refractivity contribution in [1.29, 1.82) is 0 Å². The number of carbonyl (C=O) groups is 1. The molecule has 0 atom stereocenters. The number of rotatable bonds is 5. The van der Waals surface area contributed by atoms with Gasteiger partial charge in [-0.05, 0) is 36.6 Å². The molecule has 0 aliphatic carbocycles. The summed E-state index contributed by atoms with van der Waals surface area (Å²) in [6.45, 7) is 2.66. The lowest BCUT2D eigenvalue weighted by molar-refractivity contribution is 0.0785. The normalized spacial score (nSPS) is 13.8. The van der Waals surface area contributed by atoms with Crippen molar-refractivity contribution in [2.75, 3.05) is 32.1 Å². The van der Waals surface area contributed by atoms with Crippen LogP contribution in [0.5, 0.6) is 5.75 Å². The number of hydrogen-bond donors (Lipinski definition) is 0. The van der Waals surface area contributed by atoms with E-state index in [1.807, 2.05) is 12.1 Å². The highest BCUT2D eigenvalue weighted by Gasteiger charge is 2.20. The smallest absolute Gasteiger partial charge is 0.254 e. The van der Waals surface area contributed by atoms with Crippen molar-refractivity contribution in [1.82, 2.24) is 4.90 Å². The first-order chi connectivity index (χ1) is 12.5. The number of para-hydroxylation sites is 1. The first-order valence-corrected chi connectivity index (χ1v) is 9.38. The van der Waals surface area contributed by atoms with Gasteiger partial charge in [0.05, 0.1) is 17.2 Å². The Morgan fingerprint density at radius 3 is 2.38 bits per heavy atom. The van der Waals surface area contributed by atoms with Crippen molar-refractivity contribution in [2.45, 2.75) is 19.4 Å². The van der Waals surface area contributed by atoms with Crippen molar-refractivity contribution in [3.8, 4) is 5.75 Å². The van der Waals surface area contributed by atoms with Gasteiger partial charge in [0, 0.05) is 37.9 Å². The first-order valence-electron chi connectivity index (χ1n) is 8.62. The van der Waals surface area contributed by atoms with Crippen molar-refractivity contribution >= 4 is 34.8 Å². The van der Waals surface area contributed by atoms with E-state index in [1.54, 1.807) is 24.1 Å². The highest BCUT2D eigenvalue weighted by molar-refractivity contribution is 6.37. The van der Waals surface area contributed by atoms with Crippen LogP contribution in [0.15, 0.2) is 36.4 Å². The van der Waals surface area contributed by atoms with E-state index in [9.17, 15) is 4.79 Å². The van der Waals surface area contributed by atoms with E-state index < -0.39 is 0 Å². The lowest BCUT2D eigenvalue weighted by atomic mass is 10.1. The van der Waals surface area contributed by atoms with Gasteiger partial charge in [0.25, 0.3) is 5.91 Å². The van der Waals surface area contributed by atoms with Crippen LogP contribution in [0.4, 0.5) is 5.69 Å². The summed E-state index contributed by atoms with van der Waals surface area (Å²) in [7, 11) is 3.28. The number of ether oxygens (including phenoxy) is 1. The molecule has 1 saturated heterocycles. The van der Waals surface area contributed by atoms with Gasteiger partial charge in [-0.15, -0.1) is 0 Å². The average molecular weight is 393 g/mol. The minimum absolute atomic E-state index is 0.132. The van der Waals surface area contributed by atoms with E-state index in [0.29, 0.717) is 27.9 Å². The van der Waals surface area contributed by atoms with Gasteiger partial charge >= 0.3 is 0 Å². The Kier molecular flexibility index (Phi) is 5.94. The fraction of sp³-hybridized carbons (Fsp3) is 0.350. The summed E-state index contributed by atoms with van der Waals surface area (Å²) >= 11 is 12.3. The fourth-order valence-corrected chi connectivity index (χ4v) is 3.98. The number of nitrogens with zero attached hydrogens (tertiary/aromatic N) is 2. The summed E-state index contributed by atoms with van der Waals surface area (Å²) in [5, 5.41) is 0.656. The minimum atomic E-state index is -0.132. The Hall–Kier alpha value is -1.91. The first kappa shape index (κ1) is 18.9. The second-order valence-corrected chi connectivity index (χ2v) is 7.27. The fourth-order valence-electron chi connectivity index (χ4n) is 3.34. The minimum Gasteiger partial charge on any atom is -0.494 e. The van der Waals surface area contributed by atoms with Crippen molar-refractivity contribution < 1.29 is 9.53 Å². The predicted octanol–water partition coefficient (Wildman–Crippen LogP) is 4.87. The molecule has 138 valence electrons. The largest absolute Gasteiger partial charge is 0.494 e. The van der Waals surface area contributed by atoms with Crippen LogP contribution in [-0.4, -0.2) is 38.1 Å². The summed E-state index contributed by atoms with van der Waals surface area (Å²) in [4.78, 5) is 16.9. The molecule has 1 aliphatic rings. The number of methoxy groups -OCH3 is 1. The Balaban J connectivity index is 1.80. The molecule has 2 aromatic rings. The third-order valence-electron chi connectivity index (χ3n) is 4.64. The lowest BCUT2D eigenvalue weighted by Gasteiger charge is -2.24. The lowest BCUT2D eigenvalue weighted by Crippen LogP contribution is -2.28. The summed E-state index contributed by atoms with van der Waals surface area (Å²) in [6, 6.07) is 11.4. The summed E-state index contributed by atoms with van der Waals surface area (Å²) in [5.41, 5.74) is 2.79. The van der Waals surface area contributed by atoms with Gasteiger partial charge in [-0.1, -0.05) is 41.4 Å². The molecule has 0 bridgehead atoms. The highest BCUT2D eigenvalue weighted by atomic mass is 35.5. The van der Waals surface area contributed by atoms with E-state index in [1.165, 1.54) is 25.6 Å². The maximum absolute atomic E-state index is 12.8. The van der Waals surface area contributed by atoms with Crippen molar-refractivity contribution in [3.05, 3.63) is 57.6 Å². The Labute approximate surface area is 164 Å². The Bertz CT molecular complexity index is 781. The van der Waals surface area contributed by atoms with Gasteiger partial charge in [0.15, 0.2) is 5.75 Å². The van der Waals surface area contributed by atoms with Gasteiger partial charge in [0.1, 0.15) is 0 Å². The van der Waals surface area contributed by atoms with Gasteiger partial charge in [-0.25, -0.2) is 0 Å². The predicted molar refractivity (Wildman–Crippen MR) is 107 cm³/mol. The molecule has 1 heterocycles. The highest BCUT2D eigenvalue weighted by Crippen LogP contribution is 2.34. The van der Waals surface area contributed by atoms with Gasteiger partial charge < -0.3 is 14.5 Å². The molecule has 3 rings (SSSR count). The molecule has 6 heteroatoms. The van der Waals surface area contributed by atoms with Crippen LogP contribution in [0.25, 0.3) is 0 Å². The van der Waals surface area contributed by atoms with Gasteiger partial charge in [-0.3, -0.25) is 4.79 Å². The zero-order valence-corrected chi connectivity index (χ0v) is 16.5. The summed E-state index contributed by atoms with van der Waals surface area (Å²) < 4.78 is 5.15. The van der Waals surface area contributed by atoms with Crippen LogP contribution in [0.3, 0.4) is 0 Å². The monoisotopic (exact) mass is 392 g/mol. The molecule has 26 heavy (non-hydrogen) atoms. The second kappa shape index (κ2) is 8.19. The zero-order valence-electron chi connectivity index (χ0n) is 15.0. The number of hydrogen-bond acceptors (Lipinski definition) is 3. The van der Waals surface area contributed by atoms with Crippen molar-refractivity contribution in [3.63, 3.8) is 0 Å². The average Bonchev–Trinajstić information content (AvgIpc) is 3.15.